The molecule has 0 aromatic carbocycles. The fraction of sp³-hybridized carbons (Fsp3) is 1.00. The average molecular weight is 261 g/mol. The lowest BCUT2D eigenvalue weighted by molar-refractivity contribution is 0.220. The second kappa shape index (κ2) is 5.70. The van der Waals surface area contributed by atoms with E-state index < -0.39 is 9.84 Å². The maximum Gasteiger partial charge on any atom is 0.155 e. The van der Waals surface area contributed by atoms with E-state index in [-0.39, 0.29) is 16.4 Å². The van der Waals surface area contributed by atoms with E-state index in [4.69, 9.17) is 5.73 Å². The molecule has 0 heterocycles. The van der Waals surface area contributed by atoms with Gasteiger partial charge in [0.2, 0.25) is 0 Å². The van der Waals surface area contributed by atoms with Crippen LogP contribution in [-0.2, 0) is 9.84 Å². The maximum absolute atomic E-state index is 12.3. The van der Waals surface area contributed by atoms with Gasteiger partial charge in [-0.2, -0.15) is 0 Å². The highest BCUT2D eigenvalue weighted by Gasteiger charge is 2.39. The molecule has 2 N–H and O–H groups in total. The van der Waals surface area contributed by atoms with Gasteiger partial charge in [0.05, 0.1) is 10.5 Å². The van der Waals surface area contributed by atoms with Crippen molar-refractivity contribution in [1.82, 2.24) is 0 Å². The van der Waals surface area contributed by atoms with Crippen LogP contribution in [0.1, 0.15) is 47.0 Å². The molecule has 0 aromatic heterocycles. The second-order valence-electron chi connectivity index (χ2n) is 5.99. The van der Waals surface area contributed by atoms with Gasteiger partial charge in [0, 0.05) is 0 Å². The minimum absolute atomic E-state index is 0.156. The summed E-state index contributed by atoms with van der Waals surface area (Å²) in [6.45, 7) is 8.49. The molecule has 0 radical (unpaired) electrons. The lowest BCUT2D eigenvalue weighted by Gasteiger charge is -2.37. The number of rotatable bonds is 4. The van der Waals surface area contributed by atoms with Crippen molar-refractivity contribution in [2.24, 2.45) is 23.5 Å². The molecular weight excluding hydrogens is 234 g/mol. The quantitative estimate of drug-likeness (QED) is 0.844. The zero-order valence-corrected chi connectivity index (χ0v) is 12.3. The predicted octanol–water partition coefficient (Wildman–Crippen LogP) is 2.21. The highest BCUT2D eigenvalue weighted by molar-refractivity contribution is 7.92. The summed E-state index contributed by atoms with van der Waals surface area (Å²) in [4.78, 5) is 0. The summed E-state index contributed by atoms with van der Waals surface area (Å²) in [5, 5.41) is -0.486. The molecule has 4 heteroatoms. The van der Waals surface area contributed by atoms with E-state index >= 15 is 0 Å². The lowest BCUT2D eigenvalue weighted by Crippen LogP contribution is -2.43. The summed E-state index contributed by atoms with van der Waals surface area (Å²) in [7, 11) is -2.99. The molecule has 1 fully saturated rings. The lowest BCUT2D eigenvalue weighted by atomic mass is 9.76. The molecule has 3 nitrogen and oxygen atoms in total. The minimum Gasteiger partial charge on any atom is -0.330 e. The Balaban J connectivity index is 2.84. The fourth-order valence-electron chi connectivity index (χ4n) is 2.91. The molecule has 0 saturated heterocycles. The van der Waals surface area contributed by atoms with Gasteiger partial charge in [0.15, 0.2) is 9.84 Å². The number of hydrogen-bond donors (Lipinski definition) is 1. The molecule has 1 aliphatic carbocycles. The molecule has 0 aliphatic heterocycles. The van der Waals surface area contributed by atoms with E-state index in [9.17, 15) is 8.42 Å². The van der Waals surface area contributed by atoms with Gasteiger partial charge in [0.25, 0.3) is 0 Å². The summed E-state index contributed by atoms with van der Waals surface area (Å²) >= 11 is 0. The van der Waals surface area contributed by atoms with Crippen LogP contribution in [-0.4, -0.2) is 25.5 Å². The van der Waals surface area contributed by atoms with Gasteiger partial charge >= 0.3 is 0 Å². The van der Waals surface area contributed by atoms with Gasteiger partial charge in [-0.15, -0.1) is 0 Å². The molecule has 102 valence electrons. The molecule has 0 amide bonds. The summed E-state index contributed by atoms with van der Waals surface area (Å²) in [6, 6.07) is 0. The molecule has 0 aromatic rings. The van der Waals surface area contributed by atoms with Crippen molar-refractivity contribution in [1.29, 1.82) is 0 Å². The van der Waals surface area contributed by atoms with Crippen LogP contribution in [0.5, 0.6) is 0 Å². The number of sulfone groups is 1. The van der Waals surface area contributed by atoms with Crippen LogP contribution in [0.25, 0.3) is 0 Å². The van der Waals surface area contributed by atoms with E-state index in [2.05, 4.69) is 13.8 Å². The average Bonchev–Trinajstić information content (AvgIpc) is 2.27. The molecule has 1 saturated carbocycles. The largest absolute Gasteiger partial charge is 0.330 e. The van der Waals surface area contributed by atoms with Crippen LogP contribution in [0.15, 0.2) is 0 Å². The first-order valence-electron chi connectivity index (χ1n) is 6.73. The molecule has 1 rings (SSSR count). The highest BCUT2D eigenvalue weighted by Crippen LogP contribution is 2.37. The van der Waals surface area contributed by atoms with E-state index in [0.29, 0.717) is 18.4 Å². The monoisotopic (exact) mass is 261 g/mol. The minimum atomic E-state index is -2.99. The Hall–Kier alpha value is -0.0900. The summed E-state index contributed by atoms with van der Waals surface area (Å²) < 4.78 is 24.6. The van der Waals surface area contributed by atoms with Crippen molar-refractivity contribution in [3.8, 4) is 0 Å². The van der Waals surface area contributed by atoms with Gasteiger partial charge in [-0.3, -0.25) is 0 Å². The highest BCUT2D eigenvalue weighted by atomic mass is 32.2. The van der Waals surface area contributed by atoms with E-state index in [1.807, 2.05) is 0 Å². The smallest absolute Gasteiger partial charge is 0.155 e. The summed E-state index contributed by atoms with van der Waals surface area (Å²) in [6.07, 6.45) is 2.81. The molecule has 0 spiro atoms. The first-order valence-corrected chi connectivity index (χ1v) is 8.34. The van der Waals surface area contributed by atoms with Crippen LogP contribution in [0, 0.1) is 17.8 Å². The first-order chi connectivity index (χ1) is 7.80. The number of nitrogens with two attached hydrogens (primary N) is 1. The van der Waals surface area contributed by atoms with Crippen LogP contribution in [0.3, 0.4) is 0 Å². The fourth-order valence-corrected chi connectivity index (χ4v) is 4.83. The molecule has 3 unspecified atom stereocenters. The Morgan fingerprint density at radius 3 is 2.18 bits per heavy atom. The normalized spacial score (nSPS) is 31.1. The van der Waals surface area contributed by atoms with Crippen LogP contribution in [0.4, 0.5) is 0 Å². The summed E-state index contributed by atoms with van der Waals surface area (Å²) in [5.41, 5.74) is 5.79. The Labute approximate surface area is 106 Å². The number of hydrogen-bond acceptors (Lipinski definition) is 3. The van der Waals surface area contributed by atoms with Crippen molar-refractivity contribution < 1.29 is 8.42 Å². The zero-order valence-electron chi connectivity index (χ0n) is 11.5. The third-order valence-corrected chi connectivity index (χ3v) is 7.06. The molecule has 3 atom stereocenters. The van der Waals surface area contributed by atoms with Gasteiger partial charge < -0.3 is 5.73 Å². The zero-order chi connectivity index (χ0) is 13.2. The van der Waals surface area contributed by atoms with Crippen molar-refractivity contribution in [2.45, 2.75) is 57.5 Å². The predicted molar refractivity (Wildman–Crippen MR) is 72.6 cm³/mol. The van der Waals surface area contributed by atoms with Gasteiger partial charge in [-0.1, -0.05) is 13.8 Å². The Kier molecular flexibility index (Phi) is 5.02. The van der Waals surface area contributed by atoms with E-state index in [0.717, 1.165) is 19.3 Å². The van der Waals surface area contributed by atoms with Gasteiger partial charge in [0.1, 0.15) is 0 Å². The summed E-state index contributed by atoms with van der Waals surface area (Å²) in [5.74, 6) is 1.43. The van der Waals surface area contributed by atoms with Crippen LogP contribution >= 0.6 is 0 Å². The maximum atomic E-state index is 12.3. The van der Waals surface area contributed by atoms with Gasteiger partial charge in [-0.25, -0.2) is 8.42 Å². The van der Waals surface area contributed by atoms with E-state index in [1.165, 1.54) is 0 Å². The third kappa shape index (κ3) is 3.22. The van der Waals surface area contributed by atoms with Crippen molar-refractivity contribution in [3.63, 3.8) is 0 Å². The standard InChI is InChI=1S/C13H27NO2S/c1-9(2)11-5-6-13(12(7-11)8-14)17(15,16)10(3)4/h9-13H,5-8,14H2,1-4H3. The van der Waals surface area contributed by atoms with Crippen molar-refractivity contribution in [2.75, 3.05) is 6.54 Å². The van der Waals surface area contributed by atoms with Crippen LogP contribution in [0.2, 0.25) is 0 Å². The topological polar surface area (TPSA) is 60.2 Å². The molecular formula is C13H27NO2S. The molecule has 1 aliphatic rings. The van der Waals surface area contributed by atoms with Crippen LogP contribution < -0.4 is 5.73 Å². The van der Waals surface area contributed by atoms with Crippen molar-refractivity contribution in [3.05, 3.63) is 0 Å². The van der Waals surface area contributed by atoms with E-state index in [1.54, 1.807) is 13.8 Å². The van der Waals surface area contributed by atoms with Crippen molar-refractivity contribution >= 4 is 9.84 Å². The SMILES string of the molecule is CC(C)C1CCC(S(=O)(=O)C(C)C)C(CN)C1. The van der Waals surface area contributed by atoms with Gasteiger partial charge in [-0.05, 0) is 57.4 Å². The Morgan fingerprint density at radius 2 is 1.76 bits per heavy atom. The first kappa shape index (κ1) is 15.0. The Morgan fingerprint density at radius 1 is 1.18 bits per heavy atom. The Bertz CT molecular complexity index is 335. The second-order valence-corrected chi connectivity index (χ2v) is 8.72. The molecule has 0 bridgehead atoms. The third-order valence-electron chi connectivity index (χ3n) is 4.28. The molecule has 17 heavy (non-hydrogen) atoms.